The fraction of sp³-hybridized carbons (Fsp3) is 0.200. The number of hydrogen-bond acceptors (Lipinski definition) is 7. The van der Waals surface area contributed by atoms with Crippen molar-refractivity contribution in [3.63, 3.8) is 0 Å². The second kappa shape index (κ2) is 11.2. The van der Waals surface area contributed by atoms with Crippen LogP contribution in [0.4, 0.5) is 28.9 Å². The number of carbonyl (C=O) groups excluding carboxylic acids is 3. The maximum atomic E-state index is 13.9. The quantitative estimate of drug-likeness (QED) is 0.220. The van der Waals surface area contributed by atoms with E-state index >= 15 is 0 Å². The number of ether oxygens (including phenoxy) is 1. The second-order valence-corrected chi connectivity index (χ2v) is 12.1. The molecule has 0 bridgehead atoms. The number of aromatic nitrogens is 1. The van der Waals surface area contributed by atoms with Gasteiger partial charge in [-0.1, -0.05) is 47.4 Å². The van der Waals surface area contributed by atoms with E-state index < -0.39 is 69.5 Å². The number of anilines is 2. The summed E-state index contributed by atoms with van der Waals surface area (Å²) in [6, 6.07) is 16.2. The molecule has 44 heavy (non-hydrogen) atoms. The Balaban J connectivity index is 1.40. The van der Waals surface area contributed by atoms with Crippen molar-refractivity contribution >= 4 is 52.2 Å². The molecule has 6 rings (SSSR count). The minimum absolute atomic E-state index is 0.188. The van der Waals surface area contributed by atoms with Gasteiger partial charge in [0.15, 0.2) is 0 Å². The lowest BCUT2D eigenvalue weighted by Gasteiger charge is -2.30. The van der Waals surface area contributed by atoms with E-state index in [1.807, 2.05) is 0 Å². The van der Waals surface area contributed by atoms with Gasteiger partial charge in [0.2, 0.25) is 17.7 Å². The maximum absolute atomic E-state index is 13.9. The summed E-state index contributed by atoms with van der Waals surface area (Å²) in [4.78, 5) is 54.8. The van der Waals surface area contributed by atoms with Crippen LogP contribution in [0.1, 0.15) is 21.9 Å². The summed E-state index contributed by atoms with van der Waals surface area (Å²) < 4.78 is 60.4. The van der Waals surface area contributed by atoms with Crippen molar-refractivity contribution in [2.45, 2.75) is 28.9 Å². The minimum Gasteiger partial charge on any atom is -0.497 e. The van der Waals surface area contributed by atoms with Crippen LogP contribution in [-0.4, -0.2) is 34.6 Å². The summed E-state index contributed by atoms with van der Waals surface area (Å²) in [5, 5.41) is 1.51. The third-order valence-corrected chi connectivity index (χ3v) is 10.0. The Labute approximate surface area is 255 Å². The molecule has 1 aromatic heterocycles. The van der Waals surface area contributed by atoms with E-state index in [4.69, 9.17) is 4.74 Å². The molecule has 1 N–H and O–H groups in total. The summed E-state index contributed by atoms with van der Waals surface area (Å²) >= 11 is 1.75. The number of amides is 3. The Morgan fingerprint density at radius 1 is 0.955 bits per heavy atom. The molecule has 0 aliphatic carbocycles. The molecule has 3 atom stereocenters. The zero-order valence-corrected chi connectivity index (χ0v) is 24.3. The number of para-hydroxylation sites is 1. The molecule has 2 unspecified atom stereocenters. The molecule has 3 aromatic carbocycles. The summed E-state index contributed by atoms with van der Waals surface area (Å²) in [5.74, 6) is -3.68. The molecule has 3 amide bonds. The number of carbonyl (C=O) groups is 3. The smallest absolute Gasteiger partial charge is 0.418 e. The average Bonchev–Trinajstić information content (AvgIpc) is 3.43. The van der Waals surface area contributed by atoms with Gasteiger partial charge < -0.3 is 10.1 Å². The number of halogens is 4. The SMILES string of the molecule is COc1ccc([C@H]2c3sc(=O)n(CC(=O)Nc4ccccc4C(F)(F)F)c3SC3C(=O)N(c4ccc(F)cc4)C(=O)C32)cc1. The van der Waals surface area contributed by atoms with Crippen molar-refractivity contribution in [2.24, 2.45) is 5.92 Å². The Morgan fingerprint density at radius 3 is 2.30 bits per heavy atom. The number of methoxy groups -OCH3 is 1. The predicted octanol–water partition coefficient (Wildman–Crippen LogP) is 5.51. The van der Waals surface area contributed by atoms with E-state index in [0.717, 1.165) is 56.8 Å². The van der Waals surface area contributed by atoms with E-state index in [2.05, 4.69) is 5.32 Å². The van der Waals surface area contributed by atoms with Crippen molar-refractivity contribution in [3.8, 4) is 5.75 Å². The third kappa shape index (κ3) is 5.17. The van der Waals surface area contributed by atoms with Crippen molar-refractivity contribution in [1.82, 2.24) is 4.57 Å². The van der Waals surface area contributed by atoms with E-state index in [-0.39, 0.29) is 10.7 Å². The first kappa shape index (κ1) is 29.6. The van der Waals surface area contributed by atoms with Gasteiger partial charge in [-0.05, 0) is 54.1 Å². The highest BCUT2D eigenvalue weighted by atomic mass is 32.2. The van der Waals surface area contributed by atoms with Crippen LogP contribution in [0.5, 0.6) is 5.75 Å². The predicted molar refractivity (Wildman–Crippen MR) is 156 cm³/mol. The number of benzene rings is 3. The highest BCUT2D eigenvalue weighted by Gasteiger charge is 2.56. The molecule has 1 fully saturated rings. The van der Waals surface area contributed by atoms with Gasteiger partial charge in [-0.3, -0.25) is 23.7 Å². The Morgan fingerprint density at radius 2 is 1.64 bits per heavy atom. The molecule has 0 saturated carbocycles. The summed E-state index contributed by atoms with van der Waals surface area (Å²) in [6.07, 6.45) is -4.72. The molecule has 0 radical (unpaired) electrons. The van der Waals surface area contributed by atoms with Crippen molar-refractivity contribution in [2.75, 3.05) is 17.3 Å². The minimum atomic E-state index is -4.72. The molecule has 0 spiro atoms. The number of thioether (sulfide) groups is 1. The Bertz CT molecular complexity index is 1840. The average molecular weight is 644 g/mol. The Kier molecular flexibility index (Phi) is 7.58. The molecule has 14 heteroatoms. The van der Waals surface area contributed by atoms with Crippen molar-refractivity contribution in [3.05, 3.63) is 104 Å². The van der Waals surface area contributed by atoms with Crippen molar-refractivity contribution < 1.29 is 36.7 Å². The van der Waals surface area contributed by atoms with E-state index in [1.54, 1.807) is 24.3 Å². The molecule has 226 valence electrons. The van der Waals surface area contributed by atoms with Crippen LogP contribution in [-0.2, 0) is 27.1 Å². The van der Waals surface area contributed by atoms with Gasteiger partial charge >= 0.3 is 11.0 Å². The highest BCUT2D eigenvalue weighted by molar-refractivity contribution is 8.00. The number of alkyl halides is 3. The Hall–Kier alpha value is -4.43. The zero-order valence-electron chi connectivity index (χ0n) is 22.6. The van der Waals surface area contributed by atoms with Gasteiger partial charge in [0, 0.05) is 10.8 Å². The zero-order chi connectivity index (χ0) is 31.3. The molecule has 2 aliphatic rings. The number of imide groups is 1. The second-order valence-electron chi connectivity index (χ2n) is 10.0. The first-order valence-corrected chi connectivity index (χ1v) is 14.8. The fourth-order valence-corrected chi connectivity index (χ4v) is 8.22. The first-order valence-electron chi connectivity index (χ1n) is 13.1. The van der Waals surface area contributed by atoms with E-state index in [1.165, 1.54) is 31.4 Å². The number of nitrogens with one attached hydrogen (secondary N) is 1. The fourth-order valence-electron chi connectivity index (χ4n) is 5.44. The van der Waals surface area contributed by atoms with Gasteiger partial charge in [-0.15, -0.1) is 0 Å². The van der Waals surface area contributed by atoms with E-state index in [0.29, 0.717) is 16.2 Å². The lowest BCUT2D eigenvalue weighted by atomic mass is 9.83. The molecule has 8 nitrogen and oxygen atoms in total. The normalized spacial score (nSPS) is 19.5. The van der Waals surface area contributed by atoms with Crippen LogP contribution in [0.25, 0.3) is 0 Å². The molecule has 3 heterocycles. The largest absolute Gasteiger partial charge is 0.497 e. The molecular weight excluding hydrogens is 622 g/mol. The van der Waals surface area contributed by atoms with E-state index in [9.17, 15) is 36.7 Å². The van der Waals surface area contributed by atoms with Crippen LogP contribution in [0, 0.1) is 11.7 Å². The number of thiazole rings is 1. The van der Waals surface area contributed by atoms with Crippen LogP contribution < -0.4 is 19.8 Å². The van der Waals surface area contributed by atoms with Gasteiger partial charge in [0.1, 0.15) is 23.4 Å². The number of hydrogen-bond donors (Lipinski definition) is 1. The number of nitrogens with zero attached hydrogens (tertiary/aromatic N) is 2. The summed E-state index contributed by atoms with van der Waals surface area (Å²) in [7, 11) is 1.49. The maximum Gasteiger partial charge on any atom is 0.418 e. The molecule has 1 saturated heterocycles. The number of fused-ring (bicyclic) bond motifs is 2. The molecule has 4 aromatic rings. The first-order chi connectivity index (χ1) is 21.0. The van der Waals surface area contributed by atoms with Crippen molar-refractivity contribution in [1.29, 1.82) is 0 Å². The van der Waals surface area contributed by atoms with Gasteiger partial charge in [-0.25, -0.2) is 9.29 Å². The standard InChI is InChI=1S/C30H21F4N3O5S2/c1-42-18-12-6-15(7-13-18)22-23-24(27(40)37(26(23)39)17-10-8-16(31)9-11-17)43-28-25(22)44-29(41)36(28)14-21(38)35-20-5-3-2-4-19(20)30(32,33)34/h2-13,22-24H,14H2,1H3,(H,35,38)/t22-,23?,24?/m1/s1. The van der Waals surface area contributed by atoms with Gasteiger partial charge in [-0.2, -0.15) is 13.2 Å². The van der Waals surface area contributed by atoms with Crippen LogP contribution in [0.3, 0.4) is 0 Å². The third-order valence-electron chi connectivity index (χ3n) is 7.42. The lowest BCUT2D eigenvalue weighted by molar-refractivity contribution is -0.137. The molecule has 2 aliphatic heterocycles. The lowest BCUT2D eigenvalue weighted by Crippen LogP contribution is -2.33. The summed E-state index contributed by atoms with van der Waals surface area (Å²) in [5.41, 5.74) is -0.701. The van der Waals surface area contributed by atoms with Gasteiger partial charge in [0.25, 0.3) is 0 Å². The topological polar surface area (TPSA) is 97.7 Å². The monoisotopic (exact) mass is 643 g/mol. The molecular formula is C30H21F4N3O5S2. The van der Waals surface area contributed by atoms with Crippen LogP contribution >= 0.6 is 23.1 Å². The summed E-state index contributed by atoms with van der Waals surface area (Å²) in [6.45, 7) is -0.625. The van der Waals surface area contributed by atoms with Crippen LogP contribution in [0.2, 0.25) is 0 Å². The van der Waals surface area contributed by atoms with Crippen LogP contribution in [0.15, 0.2) is 82.6 Å². The van der Waals surface area contributed by atoms with Gasteiger partial charge in [0.05, 0.1) is 35.0 Å². The number of rotatable bonds is 6. The highest BCUT2D eigenvalue weighted by Crippen LogP contribution is 2.54.